The summed E-state index contributed by atoms with van der Waals surface area (Å²) in [6, 6.07) is 8.02. The summed E-state index contributed by atoms with van der Waals surface area (Å²) in [7, 11) is 5.54. The van der Waals surface area contributed by atoms with Gasteiger partial charge in [-0.1, -0.05) is 12.1 Å². The standard InChI is InChI=1S/C16H20F3N5S/c1-20-15(21-8-11-5-4-6-12(7-11)24(2)3)22-9-14-23-13(10-25-14)16(17,18)19/h4-7,10H,8-9H2,1-3H3,(H2,20,21,22). The predicted octanol–water partition coefficient (Wildman–Crippen LogP) is 3.09. The van der Waals surface area contributed by atoms with Gasteiger partial charge in [0, 0.05) is 38.8 Å². The third-order valence-electron chi connectivity index (χ3n) is 3.36. The molecule has 0 bridgehead atoms. The molecular formula is C16H20F3N5S. The van der Waals surface area contributed by atoms with E-state index in [2.05, 4.69) is 26.7 Å². The number of halogens is 3. The van der Waals surface area contributed by atoms with Crippen LogP contribution in [0.1, 0.15) is 16.3 Å². The van der Waals surface area contributed by atoms with Gasteiger partial charge in [0.25, 0.3) is 0 Å². The third-order valence-corrected chi connectivity index (χ3v) is 4.21. The van der Waals surface area contributed by atoms with Gasteiger partial charge in [-0.25, -0.2) is 4.98 Å². The average molecular weight is 371 g/mol. The van der Waals surface area contributed by atoms with E-state index in [-0.39, 0.29) is 6.54 Å². The Morgan fingerprint density at radius 1 is 1.24 bits per heavy atom. The Hall–Kier alpha value is -2.29. The first-order valence-corrected chi connectivity index (χ1v) is 8.40. The van der Waals surface area contributed by atoms with Gasteiger partial charge in [-0.15, -0.1) is 11.3 Å². The van der Waals surface area contributed by atoms with Gasteiger partial charge in [-0.05, 0) is 17.7 Å². The molecule has 0 saturated heterocycles. The average Bonchev–Trinajstić information content (AvgIpc) is 3.04. The molecule has 1 aromatic heterocycles. The van der Waals surface area contributed by atoms with Crippen LogP contribution in [0.25, 0.3) is 0 Å². The molecule has 2 aromatic rings. The Balaban J connectivity index is 1.89. The molecule has 0 atom stereocenters. The Labute approximate surface area is 148 Å². The van der Waals surface area contributed by atoms with Crippen molar-refractivity contribution in [1.82, 2.24) is 15.6 Å². The fourth-order valence-electron chi connectivity index (χ4n) is 2.03. The van der Waals surface area contributed by atoms with Crippen LogP contribution in [0.15, 0.2) is 34.6 Å². The minimum atomic E-state index is -4.41. The zero-order valence-electron chi connectivity index (χ0n) is 14.2. The second-order valence-corrected chi connectivity index (χ2v) is 6.41. The number of hydrogen-bond acceptors (Lipinski definition) is 4. The van der Waals surface area contributed by atoms with Crippen LogP contribution in [0.4, 0.5) is 18.9 Å². The van der Waals surface area contributed by atoms with Gasteiger partial charge in [0.2, 0.25) is 0 Å². The van der Waals surface area contributed by atoms with Crippen molar-refractivity contribution in [2.24, 2.45) is 4.99 Å². The van der Waals surface area contributed by atoms with E-state index in [0.29, 0.717) is 17.5 Å². The number of thiazole rings is 1. The molecule has 1 heterocycles. The Morgan fingerprint density at radius 2 is 1.96 bits per heavy atom. The summed E-state index contributed by atoms with van der Waals surface area (Å²) < 4.78 is 37.6. The van der Waals surface area contributed by atoms with E-state index in [9.17, 15) is 13.2 Å². The first-order chi connectivity index (χ1) is 11.8. The van der Waals surface area contributed by atoms with Crippen LogP contribution in [0.2, 0.25) is 0 Å². The smallest absolute Gasteiger partial charge is 0.378 e. The number of nitrogens with one attached hydrogen (secondary N) is 2. The molecule has 0 aliphatic carbocycles. The summed E-state index contributed by atoms with van der Waals surface area (Å²) in [4.78, 5) is 9.66. The van der Waals surface area contributed by atoms with Gasteiger partial charge in [0.1, 0.15) is 5.01 Å². The van der Waals surface area contributed by atoms with Crippen molar-refractivity contribution >= 4 is 23.0 Å². The van der Waals surface area contributed by atoms with E-state index in [0.717, 1.165) is 28.0 Å². The molecule has 0 aliphatic heterocycles. The van der Waals surface area contributed by atoms with Crippen molar-refractivity contribution in [2.45, 2.75) is 19.3 Å². The highest BCUT2D eigenvalue weighted by molar-refractivity contribution is 7.09. The van der Waals surface area contributed by atoms with E-state index < -0.39 is 11.9 Å². The molecule has 25 heavy (non-hydrogen) atoms. The van der Waals surface area contributed by atoms with Crippen molar-refractivity contribution in [3.05, 3.63) is 45.9 Å². The van der Waals surface area contributed by atoms with Crippen LogP contribution in [-0.2, 0) is 19.3 Å². The Bertz CT molecular complexity index is 725. The SMILES string of the molecule is CN=C(NCc1cccc(N(C)C)c1)NCc1nc(C(F)(F)F)cs1. The fourth-order valence-corrected chi connectivity index (χ4v) is 2.77. The molecule has 0 radical (unpaired) electrons. The highest BCUT2D eigenvalue weighted by Crippen LogP contribution is 2.29. The van der Waals surface area contributed by atoms with Gasteiger partial charge in [-0.2, -0.15) is 13.2 Å². The molecule has 1 aromatic carbocycles. The molecule has 0 unspecified atom stereocenters. The maximum absolute atomic E-state index is 12.5. The number of rotatable bonds is 5. The summed E-state index contributed by atoms with van der Waals surface area (Å²) >= 11 is 0.967. The van der Waals surface area contributed by atoms with Crippen LogP contribution in [0.3, 0.4) is 0 Å². The van der Waals surface area contributed by atoms with E-state index in [1.165, 1.54) is 0 Å². The van der Waals surface area contributed by atoms with Gasteiger partial charge < -0.3 is 15.5 Å². The van der Waals surface area contributed by atoms with Gasteiger partial charge >= 0.3 is 6.18 Å². The summed E-state index contributed by atoms with van der Waals surface area (Å²) in [5.41, 5.74) is 1.30. The third kappa shape index (κ3) is 5.63. The molecule has 2 rings (SSSR count). The zero-order chi connectivity index (χ0) is 18.4. The van der Waals surface area contributed by atoms with Crippen molar-refractivity contribution in [3.8, 4) is 0 Å². The lowest BCUT2D eigenvalue weighted by Crippen LogP contribution is -2.36. The van der Waals surface area contributed by atoms with Crippen molar-refractivity contribution < 1.29 is 13.2 Å². The second kappa shape index (κ2) is 8.19. The fraction of sp³-hybridized carbons (Fsp3) is 0.375. The Kier molecular flexibility index (Phi) is 6.24. The van der Waals surface area contributed by atoms with Crippen molar-refractivity contribution in [3.63, 3.8) is 0 Å². The van der Waals surface area contributed by atoms with E-state index in [1.807, 2.05) is 37.2 Å². The second-order valence-electron chi connectivity index (χ2n) is 5.47. The summed E-state index contributed by atoms with van der Waals surface area (Å²) in [5, 5.41) is 7.47. The summed E-state index contributed by atoms with van der Waals surface area (Å²) in [5.74, 6) is 0.499. The normalized spacial score (nSPS) is 12.2. The number of anilines is 1. The molecule has 0 fully saturated rings. The molecule has 2 N–H and O–H groups in total. The zero-order valence-corrected chi connectivity index (χ0v) is 15.0. The topological polar surface area (TPSA) is 52.6 Å². The maximum Gasteiger partial charge on any atom is 0.434 e. The number of aromatic nitrogens is 1. The highest BCUT2D eigenvalue weighted by Gasteiger charge is 2.33. The van der Waals surface area contributed by atoms with E-state index >= 15 is 0 Å². The predicted molar refractivity (Wildman–Crippen MR) is 94.9 cm³/mol. The van der Waals surface area contributed by atoms with Gasteiger partial charge in [0.05, 0.1) is 6.54 Å². The molecule has 9 heteroatoms. The first kappa shape index (κ1) is 19.0. The minimum absolute atomic E-state index is 0.179. The van der Waals surface area contributed by atoms with E-state index in [4.69, 9.17) is 0 Å². The number of nitrogens with zero attached hydrogens (tertiary/aromatic N) is 3. The van der Waals surface area contributed by atoms with Crippen LogP contribution >= 0.6 is 11.3 Å². The lowest BCUT2D eigenvalue weighted by molar-refractivity contribution is -0.140. The van der Waals surface area contributed by atoms with Crippen LogP contribution < -0.4 is 15.5 Å². The number of guanidine groups is 1. The summed E-state index contributed by atoms with van der Waals surface area (Å²) in [6.07, 6.45) is -4.41. The molecule has 136 valence electrons. The van der Waals surface area contributed by atoms with Gasteiger partial charge in [0.15, 0.2) is 11.7 Å². The van der Waals surface area contributed by atoms with Crippen molar-refractivity contribution in [2.75, 3.05) is 26.0 Å². The van der Waals surface area contributed by atoms with Crippen LogP contribution in [-0.4, -0.2) is 32.1 Å². The monoisotopic (exact) mass is 371 g/mol. The van der Waals surface area contributed by atoms with E-state index in [1.54, 1.807) is 7.05 Å². The minimum Gasteiger partial charge on any atom is -0.378 e. The van der Waals surface area contributed by atoms with Gasteiger partial charge in [-0.3, -0.25) is 4.99 Å². The van der Waals surface area contributed by atoms with Crippen LogP contribution in [0.5, 0.6) is 0 Å². The summed E-state index contributed by atoms with van der Waals surface area (Å²) in [6.45, 7) is 0.727. The highest BCUT2D eigenvalue weighted by atomic mass is 32.1. The largest absolute Gasteiger partial charge is 0.434 e. The number of alkyl halides is 3. The lowest BCUT2D eigenvalue weighted by Gasteiger charge is -2.15. The first-order valence-electron chi connectivity index (χ1n) is 7.52. The van der Waals surface area contributed by atoms with Crippen LogP contribution in [0, 0.1) is 0 Å². The molecule has 0 spiro atoms. The molecule has 0 aliphatic rings. The molecule has 0 saturated carbocycles. The molecule has 0 amide bonds. The number of aliphatic imine (C=N–C) groups is 1. The number of hydrogen-bond donors (Lipinski definition) is 2. The van der Waals surface area contributed by atoms with Crippen molar-refractivity contribution in [1.29, 1.82) is 0 Å². The Morgan fingerprint density at radius 3 is 2.56 bits per heavy atom. The lowest BCUT2D eigenvalue weighted by atomic mass is 10.2. The quantitative estimate of drug-likeness (QED) is 0.627. The number of benzene rings is 1. The molecule has 5 nitrogen and oxygen atoms in total. The molecular weight excluding hydrogens is 351 g/mol. The maximum atomic E-state index is 12.5.